The summed E-state index contributed by atoms with van der Waals surface area (Å²) in [5.74, 6) is 0.687. The van der Waals surface area contributed by atoms with Crippen molar-refractivity contribution in [2.45, 2.75) is 0 Å². The van der Waals surface area contributed by atoms with Gasteiger partial charge in [0, 0.05) is 58.8 Å². The average molecular weight is 816 g/mol. The monoisotopic (exact) mass is 815 g/mol. The fraction of sp³-hybridized carbons (Fsp3) is 0. The lowest BCUT2D eigenvalue weighted by Gasteiger charge is -2.10. The third-order valence-corrected chi connectivity index (χ3v) is 12.3. The molecule has 0 atom stereocenters. The van der Waals surface area contributed by atoms with E-state index in [0.29, 0.717) is 37.7 Å². The van der Waals surface area contributed by atoms with Crippen molar-refractivity contribution in [1.82, 2.24) is 15.0 Å². The molecule has 5 heteroatoms. The van der Waals surface area contributed by atoms with E-state index in [4.69, 9.17) is 22.1 Å². The summed E-state index contributed by atoms with van der Waals surface area (Å²) in [5.41, 5.74) is 9.91. The Morgan fingerprint density at radius 1 is 0.323 bits per heavy atom. The molecule has 0 saturated heterocycles. The van der Waals surface area contributed by atoms with Gasteiger partial charge < -0.3 is 4.42 Å². The van der Waals surface area contributed by atoms with E-state index in [2.05, 4.69) is 42.5 Å². The summed E-state index contributed by atoms with van der Waals surface area (Å²) in [6.07, 6.45) is 0. The molecule has 0 aliphatic heterocycles. The third-order valence-electron chi connectivity index (χ3n) is 11.2. The summed E-state index contributed by atoms with van der Waals surface area (Å²) in [7, 11) is 0. The van der Waals surface area contributed by atoms with Crippen LogP contribution in [-0.4, -0.2) is 15.0 Å². The molecule has 3 heterocycles. The zero-order valence-corrected chi connectivity index (χ0v) is 33.7. The van der Waals surface area contributed by atoms with Crippen LogP contribution < -0.4 is 0 Å². The van der Waals surface area contributed by atoms with Crippen LogP contribution in [0.4, 0.5) is 0 Å². The predicted octanol–water partition coefficient (Wildman–Crippen LogP) is 15.8. The molecule has 0 saturated carbocycles. The van der Waals surface area contributed by atoms with E-state index in [0.717, 1.165) is 66.7 Å². The Labute approximate surface area is 370 Å². The van der Waals surface area contributed by atoms with Crippen molar-refractivity contribution in [2.24, 2.45) is 0 Å². The van der Waals surface area contributed by atoms with Gasteiger partial charge in [-0.05, 0) is 51.5 Å². The minimum Gasteiger partial charge on any atom is -0.455 e. The SMILES string of the molecule is [2H]c1c(-c2ccccc2)c([2H])c2c(sc3c([2H])c(-c4nc(-c5ccc(-c6ccccc6)cc5)nc(-c5ccc(-c6cccc7c6oc6c(-c8ccccc8)cccc67)cc5)n4)c([2H])c([2H])c32)c1[2H]. The molecule has 4 nitrogen and oxygen atoms in total. The normalized spacial score (nSPS) is 12.9. The van der Waals surface area contributed by atoms with Crippen molar-refractivity contribution in [3.63, 3.8) is 0 Å². The van der Waals surface area contributed by atoms with Crippen molar-refractivity contribution >= 4 is 53.4 Å². The first-order chi connectivity index (χ1) is 33.2. The first kappa shape index (κ1) is 30.1. The molecule has 0 aliphatic rings. The summed E-state index contributed by atoms with van der Waals surface area (Å²) < 4.78 is 63.2. The van der Waals surface area contributed by atoms with E-state index in [1.165, 1.54) is 0 Å². The van der Waals surface area contributed by atoms with Crippen molar-refractivity contribution in [1.29, 1.82) is 0 Å². The van der Waals surface area contributed by atoms with Gasteiger partial charge in [-0.25, -0.2) is 15.0 Å². The maximum atomic E-state index is 9.65. The molecule has 0 amide bonds. The van der Waals surface area contributed by atoms with Crippen molar-refractivity contribution in [2.75, 3.05) is 0 Å². The molecule has 0 unspecified atom stereocenters. The second kappa shape index (κ2) is 14.9. The Morgan fingerprint density at radius 2 is 0.774 bits per heavy atom. The van der Waals surface area contributed by atoms with Gasteiger partial charge in [-0.2, -0.15) is 0 Å². The van der Waals surface area contributed by atoms with Gasteiger partial charge in [0.1, 0.15) is 11.2 Å². The number of benzene rings is 9. The number of thiophene rings is 1. The smallest absolute Gasteiger partial charge is 0.164 e. The van der Waals surface area contributed by atoms with E-state index in [1.807, 2.05) is 121 Å². The van der Waals surface area contributed by atoms with Gasteiger partial charge in [0.25, 0.3) is 0 Å². The van der Waals surface area contributed by atoms with Gasteiger partial charge in [0.2, 0.25) is 0 Å². The van der Waals surface area contributed by atoms with Gasteiger partial charge in [0.05, 0.1) is 8.22 Å². The second-order valence-electron chi connectivity index (χ2n) is 15.0. The zero-order chi connectivity index (χ0) is 46.2. The summed E-state index contributed by atoms with van der Waals surface area (Å²) >= 11 is 1.08. The van der Waals surface area contributed by atoms with Crippen molar-refractivity contribution < 1.29 is 12.6 Å². The molecule has 0 radical (unpaired) electrons. The zero-order valence-electron chi connectivity index (χ0n) is 38.9. The summed E-state index contributed by atoms with van der Waals surface area (Å²) in [5, 5.41) is 2.57. The Morgan fingerprint density at radius 3 is 1.35 bits per heavy atom. The standard InChI is InChI=1S/C57H35N3OS/c1-4-12-36(13-5-1)38-22-26-41(27-23-38)55-58-56(60-57(59-55)44-30-32-47-50-34-43(37-14-6-2-7-15-37)31-33-51(50)62-52(47)35-44)42-28-24-40(25-29-42)46-19-11-21-49-48-20-10-18-45(53(48)61-54(46)49)39-16-8-3-9-17-39/h1-35H/i30D,31D,32D,33D,34D,35D. The topological polar surface area (TPSA) is 51.8 Å². The number of para-hydroxylation sites is 2. The molecule has 0 N–H and O–H groups in total. The first-order valence-corrected chi connectivity index (χ1v) is 21.1. The van der Waals surface area contributed by atoms with Crippen LogP contribution in [-0.2, 0) is 0 Å². The van der Waals surface area contributed by atoms with Crippen LogP contribution >= 0.6 is 11.3 Å². The molecule has 0 bridgehead atoms. The van der Waals surface area contributed by atoms with Gasteiger partial charge in [-0.3, -0.25) is 0 Å². The first-order valence-electron chi connectivity index (χ1n) is 23.3. The fourth-order valence-electron chi connectivity index (χ4n) is 8.13. The van der Waals surface area contributed by atoms with E-state index in [9.17, 15) is 5.48 Å². The van der Waals surface area contributed by atoms with Gasteiger partial charge in [-0.1, -0.05) is 194 Å². The van der Waals surface area contributed by atoms with E-state index < -0.39 is 0 Å². The largest absolute Gasteiger partial charge is 0.455 e. The van der Waals surface area contributed by atoms with Gasteiger partial charge in [-0.15, -0.1) is 11.3 Å². The summed E-state index contributed by atoms with van der Waals surface area (Å²) in [4.78, 5) is 14.9. The minimum absolute atomic E-state index is 0.0147. The maximum absolute atomic E-state index is 9.65. The molecular formula is C57H35N3OS. The van der Waals surface area contributed by atoms with Gasteiger partial charge >= 0.3 is 0 Å². The molecule has 3 aromatic heterocycles. The Bertz CT molecular complexity index is 3950. The van der Waals surface area contributed by atoms with Crippen molar-refractivity contribution in [3.05, 3.63) is 212 Å². The highest BCUT2D eigenvalue weighted by Gasteiger charge is 2.18. The number of furan rings is 1. The molecular weight excluding hydrogens is 775 g/mol. The maximum Gasteiger partial charge on any atom is 0.164 e. The van der Waals surface area contributed by atoms with Gasteiger partial charge in [0.15, 0.2) is 17.5 Å². The molecule has 290 valence electrons. The number of hydrogen-bond acceptors (Lipinski definition) is 5. The average Bonchev–Trinajstić information content (AvgIpc) is 3.99. The van der Waals surface area contributed by atoms with Crippen LogP contribution in [0.25, 0.3) is 121 Å². The Kier molecular flexibility index (Phi) is 7.25. The van der Waals surface area contributed by atoms with E-state index in [1.54, 1.807) is 12.1 Å². The fourth-order valence-corrected chi connectivity index (χ4v) is 9.10. The van der Waals surface area contributed by atoms with Crippen LogP contribution in [0, 0.1) is 0 Å². The molecule has 9 aromatic carbocycles. The molecule has 62 heavy (non-hydrogen) atoms. The molecule has 12 rings (SSSR count). The minimum atomic E-state index is -0.281. The van der Waals surface area contributed by atoms with Crippen LogP contribution in [0.3, 0.4) is 0 Å². The number of hydrogen-bond donors (Lipinski definition) is 0. The Balaban J connectivity index is 1.01. The van der Waals surface area contributed by atoms with E-state index in [-0.39, 0.29) is 64.0 Å². The van der Waals surface area contributed by atoms with Crippen molar-refractivity contribution in [3.8, 4) is 78.7 Å². The summed E-state index contributed by atoms with van der Waals surface area (Å²) in [6.45, 7) is 0. The molecule has 0 aliphatic carbocycles. The highest BCUT2D eigenvalue weighted by molar-refractivity contribution is 7.25. The molecule has 12 aromatic rings. The van der Waals surface area contributed by atoms with E-state index >= 15 is 0 Å². The highest BCUT2D eigenvalue weighted by Crippen LogP contribution is 2.41. The second-order valence-corrected chi connectivity index (χ2v) is 16.1. The molecule has 0 spiro atoms. The predicted molar refractivity (Wildman–Crippen MR) is 258 cm³/mol. The quantitative estimate of drug-likeness (QED) is 0.161. The van der Waals surface area contributed by atoms with Crippen LogP contribution in [0.2, 0.25) is 0 Å². The van der Waals surface area contributed by atoms with Crippen LogP contribution in [0.1, 0.15) is 8.22 Å². The number of rotatable bonds is 7. The highest BCUT2D eigenvalue weighted by atomic mass is 32.1. The third kappa shape index (κ3) is 6.35. The number of fused-ring (bicyclic) bond motifs is 6. The van der Waals surface area contributed by atoms with Crippen LogP contribution in [0.15, 0.2) is 217 Å². The lowest BCUT2D eigenvalue weighted by Crippen LogP contribution is -2.00. The lowest BCUT2D eigenvalue weighted by atomic mass is 9.99. The number of aromatic nitrogens is 3. The lowest BCUT2D eigenvalue weighted by molar-refractivity contribution is 0.671. The summed E-state index contributed by atoms with van der Waals surface area (Å²) in [6, 6.07) is 56.7. The number of nitrogens with zero attached hydrogens (tertiary/aromatic N) is 3. The molecule has 0 fully saturated rings. The Hall–Kier alpha value is -7.99. The van der Waals surface area contributed by atoms with Crippen LogP contribution in [0.5, 0.6) is 0 Å².